The molecule has 4 heteroatoms. The second kappa shape index (κ2) is 4.12. The predicted molar refractivity (Wildman–Crippen MR) is 53.1 cm³/mol. The molecule has 1 aliphatic heterocycles. The molecule has 1 unspecified atom stereocenters. The third-order valence-electron chi connectivity index (χ3n) is 2.35. The Bertz CT molecular complexity index is 302. The molecular weight excluding hydrogens is 186 g/mol. The Hall–Kier alpha value is -0.530. The normalized spacial score (nSPS) is 28.2. The summed E-state index contributed by atoms with van der Waals surface area (Å²) >= 11 is 0. The third-order valence-corrected chi connectivity index (χ3v) is 4.15. The fraction of sp³-hybridized carbons (Fsp3) is 0.778. The van der Waals surface area contributed by atoms with Crippen LogP contribution in [0.5, 0.6) is 0 Å². The van der Waals surface area contributed by atoms with E-state index >= 15 is 0 Å². The molecule has 1 rings (SSSR count). The standard InChI is InChI=1S/C9H15NO2S/c1-3-4-5-10-6-7-13(11,12)8-9(10)2/h1,9H,4-8H2,2H3. The highest BCUT2D eigenvalue weighted by Crippen LogP contribution is 2.11. The van der Waals surface area contributed by atoms with E-state index in [-0.39, 0.29) is 17.5 Å². The summed E-state index contributed by atoms with van der Waals surface area (Å²) in [5, 5.41) is 0. The molecule has 1 atom stereocenters. The van der Waals surface area contributed by atoms with Gasteiger partial charge in [-0.25, -0.2) is 8.42 Å². The van der Waals surface area contributed by atoms with Gasteiger partial charge in [-0.2, -0.15) is 0 Å². The van der Waals surface area contributed by atoms with Crippen molar-refractivity contribution in [1.82, 2.24) is 4.90 Å². The molecule has 3 nitrogen and oxygen atoms in total. The van der Waals surface area contributed by atoms with Crippen LogP contribution in [0.2, 0.25) is 0 Å². The van der Waals surface area contributed by atoms with Gasteiger partial charge in [-0.05, 0) is 6.92 Å². The lowest BCUT2D eigenvalue weighted by Crippen LogP contribution is -2.47. The molecule has 1 fully saturated rings. The van der Waals surface area contributed by atoms with E-state index in [4.69, 9.17) is 6.42 Å². The SMILES string of the molecule is C#CCCN1CCS(=O)(=O)CC1C. The van der Waals surface area contributed by atoms with Crippen LogP contribution < -0.4 is 0 Å². The van der Waals surface area contributed by atoms with Crippen molar-refractivity contribution < 1.29 is 8.42 Å². The zero-order valence-corrected chi connectivity index (χ0v) is 8.68. The van der Waals surface area contributed by atoms with Gasteiger partial charge in [0.2, 0.25) is 0 Å². The van der Waals surface area contributed by atoms with Crippen LogP contribution in [0, 0.1) is 12.3 Å². The number of hydrogen-bond acceptors (Lipinski definition) is 3. The first-order valence-electron chi connectivity index (χ1n) is 4.43. The minimum absolute atomic E-state index is 0.118. The monoisotopic (exact) mass is 201 g/mol. The Morgan fingerprint density at radius 3 is 2.85 bits per heavy atom. The van der Waals surface area contributed by atoms with E-state index in [1.165, 1.54) is 0 Å². The van der Waals surface area contributed by atoms with Gasteiger partial charge in [-0.15, -0.1) is 12.3 Å². The van der Waals surface area contributed by atoms with E-state index in [1.54, 1.807) is 0 Å². The summed E-state index contributed by atoms with van der Waals surface area (Å²) in [6.07, 6.45) is 5.85. The largest absolute Gasteiger partial charge is 0.298 e. The average molecular weight is 201 g/mol. The van der Waals surface area contributed by atoms with Crippen LogP contribution in [0.4, 0.5) is 0 Å². The summed E-state index contributed by atoms with van der Waals surface area (Å²) in [4.78, 5) is 2.14. The number of nitrogens with zero attached hydrogens (tertiary/aromatic N) is 1. The molecular formula is C9H15NO2S. The second-order valence-electron chi connectivity index (χ2n) is 3.45. The first kappa shape index (κ1) is 10.6. The number of hydrogen-bond donors (Lipinski definition) is 0. The molecule has 0 aromatic carbocycles. The molecule has 74 valence electrons. The third kappa shape index (κ3) is 3.02. The van der Waals surface area contributed by atoms with Crippen molar-refractivity contribution in [3.8, 4) is 12.3 Å². The lowest BCUT2D eigenvalue weighted by molar-refractivity contribution is 0.232. The highest BCUT2D eigenvalue weighted by Gasteiger charge is 2.27. The van der Waals surface area contributed by atoms with Crippen molar-refractivity contribution in [3.05, 3.63) is 0 Å². The summed E-state index contributed by atoms with van der Waals surface area (Å²) in [5.74, 6) is 3.12. The van der Waals surface area contributed by atoms with Crippen molar-refractivity contribution in [2.45, 2.75) is 19.4 Å². The smallest absolute Gasteiger partial charge is 0.153 e. The summed E-state index contributed by atoms with van der Waals surface area (Å²) < 4.78 is 22.4. The Labute approximate surface area is 80.0 Å². The summed E-state index contributed by atoms with van der Waals surface area (Å²) in [5.41, 5.74) is 0. The summed E-state index contributed by atoms with van der Waals surface area (Å²) in [6.45, 7) is 3.38. The molecule has 1 aliphatic rings. The fourth-order valence-electron chi connectivity index (χ4n) is 1.57. The van der Waals surface area contributed by atoms with Crippen LogP contribution in [0.25, 0.3) is 0 Å². The molecule has 1 heterocycles. The van der Waals surface area contributed by atoms with Gasteiger partial charge < -0.3 is 0 Å². The van der Waals surface area contributed by atoms with E-state index < -0.39 is 9.84 Å². The Morgan fingerprint density at radius 2 is 2.31 bits per heavy atom. The Balaban J connectivity index is 2.50. The van der Waals surface area contributed by atoms with E-state index in [9.17, 15) is 8.42 Å². The molecule has 13 heavy (non-hydrogen) atoms. The molecule has 0 radical (unpaired) electrons. The molecule has 0 saturated carbocycles. The van der Waals surface area contributed by atoms with Crippen molar-refractivity contribution in [2.75, 3.05) is 24.6 Å². The van der Waals surface area contributed by atoms with Gasteiger partial charge in [0.15, 0.2) is 9.84 Å². The maximum atomic E-state index is 11.2. The van der Waals surface area contributed by atoms with Crippen LogP contribution in [-0.2, 0) is 9.84 Å². The van der Waals surface area contributed by atoms with Crippen molar-refractivity contribution in [3.63, 3.8) is 0 Å². The average Bonchev–Trinajstić information content (AvgIpc) is 2.02. The van der Waals surface area contributed by atoms with Gasteiger partial charge in [-0.1, -0.05) is 0 Å². The summed E-state index contributed by atoms with van der Waals surface area (Å²) in [7, 11) is -2.78. The van der Waals surface area contributed by atoms with Gasteiger partial charge in [0, 0.05) is 25.6 Å². The zero-order chi connectivity index (χ0) is 9.90. The molecule has 0 aromatic heterocycles. The van der Waals surface area contributed by atoms with E-state index in [0.29, 0.717) is 13.0 Å². The quantitative estimate of drug-likeness (QED) is 0.596. The van der Waals surface area contributed by atoms with Crippen LogP contribution in [0.15, 0.2) is 0 Å². The van der Waals surface area contributed by atoms with Crippen LogP contribution in [-0.4, -0.2) is 44.0 Å². The minimum atomic E-state index is -2.78. The lowest BCUT2D eigenvalue weighted by Gasteiger charge is -2.32. The molecule has 0 aliphatic carbocycles. The van der Waals surface area contributed by atoms with Gasteiger partial charge in [-0.3, -0.25) is 4.90 Å². The maximum absolute atomic E-state index is 11.2. The first-order chi connectivity index (χ1) is 6.05. The van der Waals surface area contributed by atoms with E-state index in [1.807, 2.05) is 6.92 Å². The Kier molecular flexibility index (Phi) is 3.34. The van der Waals surface area contributed by atoms with Crippen molar-refractivity contribution in [2.24, 2.45) is 0 Å². The summed E-state index contributed by atoms with van der Waals surface area (Å²) in [6, 6.07) is 0.118. The lowest BCUT2D eigenvalue weighted by atomic mass is 10.3. The highest BCUT2D eigenvalue weighted by molar-refractivity contribution is 7.91. The maximum Gasteiger partial charge on any atom is 0.153 e. The van der Waals surface area contributed by atoms with Gasteiger partial charge in [0.25, 0.3) is 0 Å². The van der Waals surface area contributed by atoms with Crippen LogP contribution >= 0.6 is 0 Å². The number of rotatable bonds is 2. The molecule has 0 amide bonds. The van der Waals surface area contributed by atoms with Gasteiger partial charge in [0.1, 0.15) is 0 Å². The van der Waals surface area contributed by atoms with E-state index in [2.05, 4.69) is 10.8 Å². The molecule has 0 aromatic rings. The van der Waals surface area contributed by atoms with Crippen LogP contribution in [0.3, 0.4) is 0 Å². The van der Waals surface area contributed by atoms with Crippen LogP contribution in [0.1, 0.15) is 13.3 Å². The molecule has 0 spiro atoms. The molecule has 0 N–H and O–H groups in total. The van der Waals surface area contributed by atoms with Gasteiger partial charge in [0.05, 0.1) is 11.5 Å². The van der Waals surface area contributed by atoms with Crippen molar-refractivity contribution in [1.29, 1.82) is 0 Å². The Morgan fingerprint density at radius 1 is 1.62 bits per heavy atom. The molecule has 0 bridgehead atoms. The van der Waals surface area contributed by atoms with Gasteiger partial charge >= 0.3 is 0 Å². The van der Waals surface area contributed by atoms with E-state index in [0.717, 1.165) is 6.54 Å². The molecule has 1 saturated heterocycles. The topological polar surface area (TPSA) is 37.4 Å². The van der Waals surface area contributed by atoms with Crippen molar-refractivity contribution >= 4 is 9.84 Å². The first-order valence-corrected chi connectivity index (χ1v) is 6.25. The highest BCUT2D eigenvalue weighted by atomic mass is 32.2. The number of sulfone groups is 1. The minimum Gasteiger partial charge on any atom is -0.298 e. The fourth-order valence-corrected chi connectivity index (χ4v) is 3.20. The predicted octanol–water partition coefficient (Wildman–Crippen LogP) is 0.129. The second-order valence-corrected chi connectivity index (χ2v) is 5.68. The zero-order valence-electron chi connectivity index (χ0n) is 7.86. The number of terminal acetylenes is 1.